The summed E-state index contributed by atoms with van der Waals surface area (Å²) >= 11 is 0. The van der Waals surface area contributed by atoms with Crippen LogP contribution in [-0.4, -0.2) is 37.9 Å². The van der Waals surface area contributed by atoms with Crippen LogP contribution in [0, 0.1) is 0 Å². The third-order valence-corrected chi connectivity index (χ3v) is 1.53. The summed E-state index contributed by atoms with van der Waals surface area (Å²) in [7, 11) is 0. The minimum atomic E-state index is -0.685. The molecule has 1 rings (SSSR count). The Morgan fingerprint density at radius 1 is 1.54 bits per heavy atom. The number of rotatable bonds is 4. The Balaban J connectivity index is 2.58. The summed E-state index contributed by atoms with van der Waals surface area (Å²) in [5.41, 5.74) is -0.485. The molecule has 6 nitrogen and oxygen atoms in total. The molecule has 1 atom stereocenters. The zero-order chi connectivity index (χ0) is 9.68. The summed E-state index contributed by atoms with van der Waals surface area (Å²) in [6, 6.07) is 0. The molecule has 1 aromatic heterocycles. The number of hydrogen-bond acceptors (Lipinski definition) is 5. The molecule has 0 aromatic carbocycles. The largest absolute Gasteiger partial charge is 0.396 e. The van der Waals surface area contributed by atoms with Crippen LogP contribution in [0.25, 0.3) is 0 Å². The second-order valence-electron chi connectivity index (χ2n) is 2.62. The Bertz CT molecular complexity index is 312. The lowest BCUT2D eigenvalue weighted by atomic mass is 10.2. The van der Waals surface area contributed by atoms with Crippen LogP contribution < -0.4 is 5.69 Å². The molecule has 0 aliphatic rings. The lowest BCUT2D eigenvalue weighted by Gasteiger charge is -2.06. The highest BCUT2D eigenvalue weighted by atomic mass is 16.3. The van der Waals surface area contributed by atoms with Crippen molar-refractivity contribution < 1.29 is 10.2 Å². The first kappa shape index (κ1) is 9.82. The zero-order valence-corrected chi connectivity index (χ0v) is 6.97. The van der Waals surface area contributed by atoms with Gasteiger partial charge in [0.1, 0.15) is 12.2 Å². The van der Waals surface area contributed by atoms with E-state index in [1.165, 1.54) is 0 Å². The topological polar surface area (TPSA) is 99.1 Å². The van der Waals surface area contributed by atoms with Crippen molar-refractivity contribution in [1.29, 1.82) is 0 Å². The van der Waals surface area contributed by atoms with Gasteiger partial charge in [-0.1, -0.05) is 0 Å². The molecule has 0 saturated heterocycles. The third-order valence-electron chi connectivity index (χ3n) is 1.53. The maximum atomic E-state index is 10.7. The normalized spacial score (nSPS) is 12.8. The second-order valence-corrected chi connectivity index (χ2v) is 2.62. The molecule has 0 bridgehead atoms. The van der Waals surface area contributed by atoms with Gasteiger partial charge in [0.15, 0.2) is 0 Å². The summed E-state index contributed by atoms with van der Waals surface area (Å²) in [4.78, 5) is 20.2. The van der Waals surface area contributed by atoms with Gasteiger partial charge in [-0.25, -0.2) is 9.78 Å². The fourth-order valence-corrected chi connectivity index (χ4v) is 0.917. The number of aromatic amines is 1. The van der Waals surface area contributed by atoms with E-state index in [1.807, 2.05) is 0 Å². The summed E-state index contributed by atoms with van der Waals surface area (Å²) in [6.45, 7) is -0.0868. The molecule has 72 valence electrons. The molecule has 0 fully saturated rings. The summed E-state index contributed by atoms with van der Waals surface area (Å²) in [6.07, 6.45) is 0.944. The van der Waals surface area contributed by atoms with Gasteiger partial charge in [0, 0.05) is 13.0 Å². The Morgan fingerprint density at radius 2 is 2.31 bits per heavy atom. The molecule has 0 amide bonds. The Kier molecular flexibility index (Phi) is 3.53. The number of nitrogens with zero attached hydrogens (tertiary/aromatic N) is 2. The maximum absolute atomic E-state index is 10.7. The predicted octanol–water partition coefficient (Wildman–Crippen LogP) is -1.55. The molecule has 0 radical (unpaired) electrons. The van der Waals surface area contributed by atoms with Crippen LogP contribution in [0.4, 0.5) is 0 Å². The number of aliphatic hydroxyl groups excluding tert-OH is 2. The van der Waals surface area contributed by atoms with E-state index in [9.17, 15) is 9.90 Å². The summed E-state index contributed by atoms with van der Waals surface area (Å²) in [5, 5.41) is 17.8. The van der Waals surface area contributed by atoms with E-state index in [4.69, 9.17) is 5.11 Å². The highest BCUT2D eigenvalue weighted by Gasteiger charge is 2.06. The Labute approximate surface area is 74.3 Å². The van der Waals surface area contributed by atoms with Gasteiger partial charge in [-0.3, -0.25) is 4.98 Å². The van der Waals surface area contributed by atoms with Gasteiger partial charge in [-0.2, -0.15) is 4.98 Å². The first-order valence-corrected chi connectivity index (χ1v) is 3.91. The SMILES string of the molecule is O=c1ncnc(CC(O)CCO)[nH]1. The number of H-pyrrole nitrogens is 1. The fourth-order valence-electron chi connectivity index (χ4n) is 0.917. The van der Waals surface area contributed by atoms with Crippen LogP contribution in [0.15, 0.2) is 11.1 Å². The molecule has 0 aliphatic carbocycles. The van der Waals surface area contributed by atoms with Crippen molar-refractivity contribution in [3.05, 3.63) is 22.6 Å². The Hall–Kier alpha value is -1.27. The average Bonchev–Trinajstić information content (AvgIpc) is 2.04. The number of nitrogens with one attached hydrogen (secondary N) is 1. The van der Waals surface area contributed by atoms with Crippen LogP contribution in [-0.2, 0) is 6.42 Å². The molecule has 1 aromatic rings. The van der Waals surface area contributed by atoms with Crippen molar-refractivity contribution in [3.63, 3.8) is 0 Å². The highest BCUT2D eigenvalue weighted by molar-refractivity contribution is 4.84. The molecule has 1 unspecified atom stereocenters. The van der Waals surface area contributed by atoms with Crippen LogP contribution >= 0.6 is 0 Å². The van der Waals surface area contributed by atoms with Crippen LogP contribution in [0.3, 0.4) is 0 Å². The summed E-state index contributed by atoms with van der Waals surface area (Å²) in [5.74, 6) is 0.376. The molecular weight excluding hydrogens is 174 g/mol. The van der Waals surface area contributed by atoms with Crippen LogP contribution in [0.2, 0.25) is 0 Å². The monoisotopic (exact) mass is 185 g/mol. The number of aliphatic hydroxyl groups is 2. The Morgan fingerprint density at radius 3 is 2.92 bits per heavy atom. The van der Waals surface area contributed by atoms with Crippen molar-refractivity contribution in [2.24, 2.45) is 0 Å². The quantitative estimate of drug-likeness (QED) is 0.527. The minimum absolute atomic E-state index is 0.0868. The van der Waals surface area contributed by atoms with Crippen molar-refractivity contribution in [2.75, 3.05) is 6.61 Å². The predicted molar refractivity (Wildman–Crippen MR) is 44.1 cm³/mol. The maximum Gasteiger partial charge on any atom is 0.347 e. The molecular formula is C7H11N3O3. The van der Waals surface area contributed by atoms with E-state index < -0.39 is 11.8 Å². The highest BCUT2D eigenvalue weighted by Crippen LogP contribution is 1.97. The lowest BCUT2D eigenvalue weighted by molar-refractivity contribution is 0.131. The smallest absolute Gasteiger partial charge is 0.347 e. The lowest BCUT2D eigenvalue weighted by Crippen LogP contribution is -2.19. The molecule has 13 heavy (non-hydrogen) atoms. The van der Waals surface area contributed by atoms with E-state index in [0.717, 1.165) is 6.33 Å². The van der Waals surface area contributed by atoms with E-state index >= 15 is 0 Å². The van der Waals surface area contributed by atoms with Gasteiger partial charge in [0.25, 0.3) is 0 Å². The fraction of sp³-hybridized carbons (Fsp3) is 0.571. The molecule has 0 spiro atoms. The van der Waals surface area contributed by atoms with Gasteiger partial charge in [0.2, 0.25) is 0 Å². The van der Waals surface area contributed by atoms with Crippen LogP contribution in [0.5, 0.6) is 0 Å². The van der Waals surface area contributed by atoms with Crippen molar-refractivity contribution in [3.8, 4) is 0 Å². The van der Waals surface area contributed by atoms with Crippen molar-refractivity contribution in [2.45, 2.75) is 18.9 Å². The standard InChI is InChI=1S/C7H11N3O3/c11-2-1-5(12)3-6-8-4-9-7(13)10-6/h4-5,11-12H,1-3H2,(H,8,9,10,13). The molecule has 6 heteroatoms. The van der Waals surface area contributed by atoms with Gasteiger partial charge in [-0.05, 0) is 6.42 Å². The first-order valence-electron chi connectivity index (χ1n) is 3.91. The first-order chi connectivity index (χ1) is 6.22. The zero-order valence-electron chi connectivity index (χ0n) is 6.97. The van der Waals surface area contributed by atoms with Crippen LogP contribution in [0.1, 0.15) is 12.2 Å². The van der Waals surface area contributed by atoms with E-state index in [0.29, 0.717) is 5.82 Å². The summed E-state index contributed by atoms with van der Waals surface area (Å²) < 4.78 is 0. The average molecular weight is 185 g/mol. The van der Waals surface area contributed by atoms with E-state index in [-0.39, 0.29) is 19.4 Å². The number of hydrogen-bond donors (Lipinski definition) is 3. The number of aromatic nitrogens is 3. The van der Waals surface area contributed by atoms with E-state index in [1.54, 1.807) is 0 Å². The molecule has 1 heterocycles. The van der Waals surface area contributed by atoms with Crippen molar-refractivity contribution in [1.82, 2.24) is 15.0 Å². The van der Waals surface area contributed by atoms with Gasteiger partial charge < -0.3 is 10.2 Å². The third kappa shape index (κ3) is 3.30. The minimum Gasteiger partial charge on any atom is -0.396 e. The van der Waals surface area contributed by atoms with Gasteiger partial charge >= 0.3 is 5.69 Å². The van der Waals surface area contributed by atoms with Crippen molar-refractivity contribution >= 4 is 0 Å². The van der Waals surface area contributed by atoms with Gasteiger partial charge in [0.05, 0.1) is 6.10 Å². The molecule has 3 N–H and O–H groups in total. The molecule has 0 saturated carbocycles. The van der Waals surface area contributed by atoms with E-state index in [2.05, 4.69) is 15.0 Å². The molecule has 0 aliphatic heterocycles. The van der Waals surface area contributed by atoms with Gasteiger partial charge in [-0.15, -0.1) is 0 Å². The second kappa shape index (κ2) is 4.68.